The van der Waals surface area contributed by atoms with Crippen molar-refractivity contribution in [3.63, 3.8) is 0 Å². The third kappa shape index (κ3) is 4.01. The molecule has 4 rings (SSSR count). The molecule has 1 aromatic carbocycles. The van der Waals surface area contributed by atoms with Crippen molar-refractivity contribution in [2.45, 2.75) is 6.42 Å². The number of aliphatic hydroxyl groups is 1. The van der Waals surface area contributed by atoms with Crippen LogP contribution in [0.15, 0.2) is 52.5 Å². The zero-order valence-electron chi connectivity index (χ0n) is 15.0. The lowest BCUT2D eigenvalue weighted by molar-refractivity contribution is 0.115. The van der Waals surface area contributed by atoms with Crippen LogP contribution in [0.2, 0.25) is 0 Å². The minimum atomic E-state index is 0.00933. The van der Waals surface area contributed by atoms with E-state index in [0.29, 0.717) is 0 Å². The van der Waals surface area contributed by atoms with Gasteiger partial charge in [0.15, 0.2) is 0 Å². The van der Waals surface area contributed by atoms with E-state index < -0.39 is 0 Å². The molecule has 0 spiro atoms. The topological polar surface area (TPSA) is 35.9 Å². The van der Waals surface area contributed by atoms with Gasteiger partial charge in [-0.2, -0.15) is 0 Å². The number of rotatable bonds is 5. The molecule has 0 amide bonds. The van der Waals surface area contributed by atoms with Crippen molar-refractivity contribution >= 4 is 21.9 Å². The molecule has 0 radical (unpaired) electrons. The molecule has 1 unspecified atom stereocenters. The first kappa shape index (κ1) is 17.7. The summed E-state index contributed by atoms with van der Waals surface area (Å²) in [6, 6.07) is 8.22. The Kier molecular flexibility index (Phi) is 5.70. The van der Waals surface area contributed by atoms with Crippen molar-refractivity contribution in [1.82, 2.24) is 9.80 Å². The van der Waals surface area contributed by atoms with Gasteiger partial charge in [0.2, 0.25) is 0 Å². The molecule has 3 aliphatic rings. The van der Waals surface area contributed by atoms with Crippen LogP contribution in [0, 0.1) is 0 Å². The minimum absolute atomic E-state index is 0.00933. The third-order valence-electron chi connectivity index (χ3n) is 5.02. The molecule has 1 atom stereocenters. The normalized spacial score (nSPS) is 23.0. The van der Waals surface area contributed by atoms with Crippen LogP contribution in [-0.2, 0) is 0 Å². The van der Waals surface area contributed by atoms with Gasteiger partial charge >= 0.3 is 0 Å². The van der Waals surface area contributed by atoms with Crippen LogP contribution in [0.4, 0.5) is 0 Å². The van der Waals surface area contributed by atoms with Crippen LogP contribution >= 0.6 is 10.5 Å². The van der Waals surface area contributed by atoms with E-state index in [1.807, 2.05) is 12.1 Å². The number of aliphatic hydroxyl groups excluding tert-OH is 1. The Morgan fingerprint density at radius 2 is 1.85 bits per heavy atom. The number of β-amino-alcohol motifs (C(OH)–C–C–N with tert-alkyl or cyclic N) is 1. The summed E-state index contributed by atoms with van der Waals surface area (Å²) >= 11 is 0. The second-order valence-electron chi connectivity index (χ2n) is 6.74. The molecule has 4 nitrogen and oxygen atoms in total. The maximum Gasteiger partial charge on any atom is 0.140 e. The van der Waals surface area contributed by atoms with Crippen LogP contribution < -0.4 is 4.74 Å². The van der Waals surface area contributed by atoms with Gasteiger partial charge in [-0.3, -0.25) is 4.90 Å². The summed E-state index contributed by atoms with van der Waals surface area (Å²) in [6.45, 7) is 6.50. The summed E-state index contributed by atoms with van der Waals surface area (Å²) in [4.78, 5) is 6.16. The van der Waals surface area contributed by atoms with Gasteiger partial charge in [0.1, 0.15) is 11.5 Å². The molecule has 3 heterocycles. The number of ether oxygens (including phenoxy) is 1. The third-order valence-corrected chi connectivity index (χ3v) is 6.89. The minimum Gasteiger partial charge on any atom is -0.456 e. The molecule has 0 bridgehead atoms. The van der Waals surface area contributed by atoms with E-state index in [2.05, 4.69) is 50.9 Å². The highest BCUT2D eigenvalue weighted by atomic mass is 32.2. The largest absolute Gasteiger partial charge is 0.456 e. The van der Waals surface area contributed by atoms with Gasteiger partial charge in [-0.15, -0.1) is 10.5 Å². The number of piperazine rings is 1. The molecule has 3 aliphatic heterocycles. The molecule has 1 aromatic rings. The first-order chi connectivity index (χ1) is 12.8. The Balaban J connectivity index is 1.38. The first-order valence-electron chi connectivity index (χ1n) is 9.32. The van der Waals surface area contributed by atoms with Gasteiger partial charge in [-0.05, 0) is 30.0 Å². The number of hydrogen-bond donors (Lipinski definition) is 1. The van der Waals surface area contributed by atoms with Gasteiger partial charge in [-0.25, -0.2) is 0 Å². The summed E-state index contributed by atoms with van der Waals surface area (Å²) in [5.41, 5.74) is 1.17. The summed E-state index contributed by atoms with van der Waals surface area (Å²) in [6.07, 6.45) is 7.55. The van der Waals surface area contributed by atoms with E-state index in [9.17, 15) is 0 Å². The van der Waals surface area contributed by atoms with Gasteiger partial charge in [-0.1, -0.05) is 29.6 Å². The molecular weight excluding hydrogens is 344 g/mol. The van der Waals surface area contributed by atoms with Crippen LogP contribution in [0.5, 0.6) is 5.75 Å². The standard InChI is InChI=1S/C21H26N2O2S/c24-14-13-23-11-9-22(10-12-23)8-4-16-26-15-3-7-20-21(26)17-18-5-1-2-6-19(18)25-20/h1-3,5-7,15-17,24H,4,8-14H2. The zero-order chi connectivity index (χ0) is 17.8. The lowest BCUT2D eigenvalue weighted by atomic mass is 10.1. The highest BCUT2D eigenvalue weighted by molar-refractivity contribution is 8.21. The van der Waals surface area contributed by atoms with Crippen LogP contribution in [-0.4, -0.2) is 66.1 Å². The van der Waals surface area contributed by atoms with E-state index in [-0.39, 0.29) is 17.1 Å². The zero-order valence-corrected chi connectivity index (χ0v) is 15.8. The second kappa shape index (κ2) is 8.35. The van der Waals surface area contributed by atoms with E-state index in [1.165, 1.54) is 10.5 Å². The molecule has 1 N–H and O–H groups in total. The fourth-order valence-electron chi connectivity index (χ4n) is 3.54. The van der Waals surface area contributed by atoms with E-state index in [4.69, 9.17) is 9.84 Å². The summed E-state index contributed by atoms with van der Waals surface area (Å²) in [5.74, 6) is 1.94. The quantitative estimate of drug-likeness (QED) is 0.809. The Bertz CT molecular complexity index is 774. The molecule has 26 heavy (non-hydrogen) atoms. The van der Waals surface area contributed by atoms with Crippen LogP contribution in [0.3, 0.4) is 0 Å². The summed E-state index contributed by atoms with van der Waals surface area (Å²) in [5, 5.41) is 13.8. The Morgan fingerprint density at radius 3 is 2.65 bits per heavy atom. The number of fused-ring (bicyclic) bond motifs is 2. The molecule has 138 valence electrons. The van der Waals surface area contributed by atoms with Crippen molar-refractivity contribution in [2.75, 3.05) is 45.9 Å². The fourth-order valence-corrected chi connectivity index (χ4v) is 5.19. The van der Waals surface area contributed by atoms with E-state index in [0.717, 1.165) is 57.2 Å². The Morgan fingerprint density at radius 1 is 1.08 bits per heavy atom. The van der Waals surface area contributed by atoms with Crippen molar-refractivity contribution < 1.29 is 9.84 Å². The second-order valence-corrected chi connectivity index (χ2v) is 8.53. The Hall–Kier alpha value is -1.66. The molecule has 0 saturated carbocycles. The highest BCUT2D eigenvalue weighted by Gasteiger charge is 2.20. The van der Waals surface area contributed by atoms with E-state index >= 15 is 0 Å². The average Bonchev–Trinajstić information content (AvgIpc) is 2.68. The fraction of sp³-hybridized carbons (Fsp3) is 0.381. The molecule has 1 fully saturated rings. The lowest BCUT2D eigenvalue weighted by Gasteiger charge is -2.34. The maximum atomic E-state index is 9.04. The predicted molar refractivity (Wildman–Crippen MR) is 111 cm³/mol. The summed E-state index contributed by atoms with van der Waals surface area (Å²) in [7, 11) is 0.00933. The maximum absolute atomic E-state index is 9.04. The smallest absolute Gasteiger partial charge is 0.140 e. The first-order valence-corrected chi connectivity index (χ1v) is 10.7. The average molecular weight is 371 g/mol. The summed E-state index contributed by atoms with van der Waals surface area (Å²) < 4.78 is 6.09. The number of benzene rings is 1. The van der Waals surface area contributed by atoms with Gasteiger partial charge in [0, 0.05) is 49.7 Å². The van der Waals surface area contributed by atoms with Gasteiger partial charge < -0.3 is 14.7 Å². The number of para-hydroxylation sites is 1. The molecular formula is C21H26N2O2S. The van der Waals surface area contributed by atoms with Crippen LogP contribution in [0.25, 0.3) is 6.08 Å². The molecule has 0 aliphatic carbocycles. The molecule has 1 saturated heterocycles. The highest BCUT2D eigenvalue weighted by Crippen LogP contribution is 2.42. The SMILES string of the molecule is OCCN1CCN(CCC=S2C=CC=C3Oc4ccccc4C=C32)CC1. The van der Waals surface area contributed by atoms with Gasteiger partial charge in [0.25, 0.3) is 0 Å². The van der Waals surface area contributed by atoms with Crippen molar-refractivity contribution in [1.29, 1.82) is 0 Å². The van der Waals surface area contributed by atoms with Crippen molar-refractivity contribution in [3.8, 4) is 5.75 Å². The Labute approximate surface area is 158 Å². The molecule has 5 heteroatoms. The van der Waals surface area contributed by atoms with Gasteiger partial charge in [0.05, 0.1) is 6.61 Å². The lowest BCUT2D eigenvalue weighted by Crippen LogP contribution is -2.47. The van der Waals surface area contributed by atoms with Crippen molar-refractivity contribution in [3.05, 3.63) is 58.1 Å². The monoisotopic (exact) mass is 370 g/mol. The number of nitrogens with zero attached hydrogens (tertiary/aromatic N) is 2. The number of allylic oxidation sites excluding steroid dienone is 2. The number of hydrogen-bond acceptors (Lipinski definition) is 4. The van der Waals surface area contributed by atoms with Crippen molar-refractivity contribution in [2.24, 2.45) is 0 Å². The van der Waals surface area contributed by atoms with E-state index in [1.54, 1.807) is 0 Å². The van der Waals surface area contributed by atoms with Crippen LogP contribution in [0.1, 0.15) is 12.0 Å². The molecule has 0 aromatic heterocycles. The predicted octanol–water partition coefficient (Wildman–Crippen LogP) is 2.90.